The fourth-order valence-corrected chi connectivity index (χ4v) is 4.92. The Hall–Kier alpha value is -4.61. The first-order chi connectivity index (χ1) is 19.6. The van der Waals surface area contributed by atoms with Crippen LogP contribution in [0.25, 0.3) is 22.2 Å². The van der Waals surface area contributed by atoms with Crippen LogP contribution in [0.2, 0.25) is 0 Å². The van der Waals surface area contributed by atoms with Crippen LogP contribution in [0.1, 0.15) is 13.8 Å². The molecule has 2 aromatic carbocycles. The molecule has 1 fully saturated rings. The molecule has 0 atom stereocenters. The standard InChI is InChI=1S/C30H32FN7O3/c1-4-26(39)33-20-7-5-6-19(14-20)22-16-27(40)34-25-17-32-29(36-28(22)25)35-24-9-8-21(15-23(24)31)38-12-10-37(11-13-38)18-30(2,3)41/h4-9,14-17,41H,1,10-13,18H2,2-3H3,(H,33,39)(H,34,40)(H,32,35,36). The van der Waals surface area contributed by atoms with Gasteiger partial charge in [0.2, 0.25) is 17.4 Å². The van der Waals surface area contributed by atoms with Gasteiger partial charge in [0.25, 0.3) is 0 Å². The van der Waals surface area contributed by atoms with Gasteiger partial charge in [-0.3, -0.25) is 14.5 Å². The van der Waals surface area contributed by atoms with Gasteiger partial charge in [-0.15, -0.1) is 0 Å². The molecule has 10 nitrogen and oxygen atoms in total. The molecule has 0 bridgehead atoms. The van der Waals surface area contributed by atoms with Crippen LogP contribution >= 0.6 is 0 Å². The molecule has 0 unspecified atom stereocenters. The minimum Gasteiger partial charge on any atom is -0.389 e. The van der Waals surface area contributed by atoms with Crippen LogP contribution in [0.4, 0.5) is 27.4 Å². The van der Waals surface area contributed by atoms with E-state index < -0.39 is 11.4 Å². The van der Waals surface area contributed by atoms with Crippen molar-refractivity contribution in [2.75, 3.05) is 48.3 Å². The Morgan fingerprint density at radius 1 is 1.17 bits per heavy atom. The number of aromatic nitrogens is 3. The average molecular weight is 558 g/mol. The predicted molar refractivity (Wildman–Crippen MR) is 159 cm³/mol. The quantitative estimate of drug-likeness (QED) is 0.241. The number of aromatic amines is 1. The molecule has 2 aromatic heterocycles. The molecule has 3 heterocycles. The summed E-state index contributed by atoms with van der Waals surface area (Å²) in [5.74, 6) is -0.640. The number of rotatable bonds is 8. The van der Waals surface area contributed by atoms with E-state index in [4.69, 9.17) is 0 Å². The first-order valence-electron chi connectivity index (χ1n) is 13.3. The highest BCUT2D eigenvalue weighted by molar-refractivity contribution is 6.00. The molecular formula is C30H32FN7O3. The molecule has 0 spiro atoms. The van der Waals surface area contributed by atoms with Crippen molar-refractivity contribution in [3.05, 3.63) is 83.6 Å². The van der Waals surface area contributed by atoms with E-state index in [1.165, 1.54) is 24.4 Å². The van der Waals surface area contributed by atoms with E-state index >= 15 is 4.39 Å². The number of piperazine rings is 1. The van der Waals surface area contributed by atoms with Crippen LogP contribution < -0.4 is 21.1 Å². The van der Waals surface area contributed by atoms with Crippen molar-refractivity contribution in [2.45, 2.75) is 19.4 Å². The maximum absolute atomic E-state index is 15.2. The normalized spacial score (nSPS) is 14.2. The largest absolute Gasteiger partial charge is 0.389 e. The van der Waals surface area contributed by atoms with Crippen molar-refractivity contribution >= 4 is 40.0 Å². The van der Waals surface area contributed by atoms with Crippen molar-refractivity contribution in [2.24, 2.45) is 0 Å². The summed E-state index contributed by atoms with van der Waals surface area (Å²) in [4.78, 5) is 40.0. The van der Waals surface area contributed by atoms with Crippen LogP contribution in [-0.2, 0) is 4.79 Å². The highest BCUT2D eigenvalue weighted by atomic mass is 19.1. The van der Waals surface area contributed by atoms with E-state index in [0.717, 1.165) is 31.9 Å². The van der Waals surface area contributed by atoms with E-state index in [2.05, 4.69) is 42.0 Å². The number of carbonyl (C=O) groups excluding carboxylic acids is 1. The smallest absolute Gasteiger partial charge is 0.249 e. The first kappa shape index (κ1) is 27.9. The molecule has 212 valence electrons. The molecule has 4 N–H and O–H groups in total. The zero-order chi connectivity index (χ0) is 29.1. The minimum atomic E-state index is -0.754. The number of halogens is 1. The van der Waals surface area contributed by atoms with Crippen molar-refractivity contribution < 1.29 is 14.3 Å². The number of carbonyl (C=O) groups is 1. The minimum absolute atomic E-state index is 0.161. The van der Waals surface area contributed by atoms with Crippen molar-refractivity contribution in [1.29, 1.82) is 0 Å². The van der Waals surface area contributed by atoms with Crippen LogP contribution in [0.15, 0.2) is 72.2 Å². The fourth-order valence-electron chi connectivity index (χ4n) is 4.92. The number of hydrogen-bond acceptors (Lipinski definition) is 8. The first-order valence-corrected chi connectivity index (χ1v) is 13.3. The number of nitrogens with zero attached hydrogens (tertiary/aromatic N) is 4. The number of hydrogen-bond donors (Lipinski definition) is 4. The van der Waals surface area contributed by atoms with Gasteiger partial charge in [0, 0.05) is 55.7 Å². The van der Waals surface area contributed by atoms with Gasteiger partial charge >= 0.3 is 0 Å². The Morgan fingerprint density at radius 3 is 2.66 bits per heavy atom. The van der Waals surface area contributed by atoms with Gasteiger partial charge < -0.3 is 25.6 Å². The second kappa shape index (κ2) is 11.5. The Labute approximate surface area is 236 Å². The Balaban J connectivity index is 1.37. The number of benzene rings is 2. The summed E-state index contributed by atoms with van der Waals surface area (Å²) in [5, 5.41) is 15.7. The second-order valence-electron chi connectivity index (χ2n) is 10.6. The highest BCUT2D eigenvalue weighted by Crippen LogP contribution is 2.29. The van der Waals surface area contributed by atoms with Gasteiger partial charge in [0.15, 0.2) is 0 Å². The number of aliphatic hydroxyl groups is 1. The van der Waals surface area contributed by atoms with E-state index in [1.807, 2.05) is 6.07 Å². The van der Waals surface area contributed by atoms with Crippen LogP contribution in [-0.4, -0.2) is 69.2 Å². The third kappa shape index (κ3) is 6.76. The number of amides is 1. The van der Waals surface area contributed by atoms with Crippen molar-refractivity contribution in [3.63, 3.8) is 0 Å². The number of β-amino-alcohol motifs (C(OH)–C–C–N with tert-alkyl or cyclic N) is 1. The number of pyridine rings is 1. The predicted octanol–water partition coefficient (Wildman–Crippen LogP) is 3.89. The maximum Gasteiger partial charge on any atom is 0.249 e. The lowest BCUT2D eigenvalue weighted by atomic mass is 10.0. The molecule has 0 saturated carbocycles. The summed E-state index contributed by atoms with van der Waals surface area (Å²) < 4.78 is 15.2. The monoisotopic (exact) mass is 557 g/mol. The highest BCUT2D eigenvalue weighted by Gasteiger charge is 2.23. The zero-order valence-corrected chi connectivity index (χ0v) is 22.9. The Bertz CT molecular complexity index is 1660. The third-order valence-corrected chi connectivity index (χ3v) is 6.75. The van der Waals surface area contributed by atoms with Gasteiger partial charge in [-0.1, -0.05) is 18.7 Å². The summed E-state index contributed by atoms with van der Waals surface area (Å²) in [6, 6.07) is 13.4. The molecule has 1 amide bonds. The lowest BCUT2D eigenvalue weighted by molar-refractivity contribution is -0.111. The summed E-state index contributed by atoms with van der Waals surface area (Å²) in [5.41, 5.74) is 2.50. The molecule has 41 heavy (non-hydrogen) atoms. The van der Waals surface area contributed by atoms with Gasteiger partial charge in [-0.2, -0.15) is 0 Å². The molecule has 11 heteroatoms. The lowest BCUT2D eigenvalue weighted by Crippen LogP contribution is -2.50. The number of nitrogens with one attached hydrogen (secondary N) is 3. The Kier molecular flexibility index (Phi) is 7.82. The van der Waals surface area contributed by atoms with Crippen molar-refractivity contribution in [1.82, 2.24) is 19.9 Å². The number of anilines is 4. The van der Waals surface area contributed by atoms with E-state index in [-0.39, 0.29) is 23.1 Å². The van der Waals surface area contributed by atoms with E-state index in [0.29, 0.717) is 34.4 Å². The van der Waals surface area contributed by atoms with E-state index in [1.54, 1.807) is 44.2 Å². The SMILES string of the molecule is C=CC(=O)Nc1cccc(-c2cc(=O)[nH]c3cnc(Nc4ccc(N5CCN(CC(C)(C)O)CC5)cc4F)nc23)c1. The lowest BCUT2D eigenvalue weighted by Gasteiger charge is -2.38. The van der Waals surface area contributed by atoms with Gasteiger partial charge in [-0.25, -0.2) is 14.4 Å². The molecule has 0 radical (unpaired) electrons. The fraction of sp³-hybridized carbons (Fsp3) is 0.267. The summed E-state index contributed by atoms with van der Waals surface area (Å²) >= 11 is 0. The molecule has 0 aliphatic carbocycles. The average Bonchev–Trinajstić information content (AvgIpc) is 2.93. The van der Waals surface area contributed by atoms with Gasteiger partial charge in [0.1, 0.15) is 11.3 Å². The second-order valence-corrected chi connectivity index (χ2v) is 10.6. The zero-order valence-electron chi connectivity index (χ0n) is 22.9. The summed E-state index contributed by atoms with van der Waals surface area (Å²) in [6.45, 7) is 10.7. The van der Waals surface area contributed by atoms with Crippen LogP contribution in [0, 0.1) is 5.82 Å². The molecule has 4 aromatic rings. The van der Waals surface area contributed by atoms with Crippen LogP contribution in [0.3, 0.4) is 0 Å². The van der Waals surface area contributed by atoms with E-state index in [9.17, 15) is 14.7 Å². The van der Waals surface area contributed by atoms with Crippen LogP contribution in [0.5, 0.6) is 0 Å². The number of H-pyrrole nitrogens is 1. The molecular weight excluding hydrogens is 525 g/mol. The van der Waals surface area contributed by atoms with Crippen molar-refractivity contribution in [3.8, 4) is 11.1 Å². The van der Waals surface area contributed by atoms with Gasteiger partial charge in [-0.05, 0) is 55.8 Å². The summed E-state index contributed by atoms with van der Waals surface area (Å²) in [6.07, 6.45) is 2.64. The topological polar surface area (TPSA) is 126 Å². The number of fused-ring (bicyclic) bond motifs is 1. The van der Waals surface area contributed by atoms with Gasteiger partial charge in [0.05, 0.1) is 23.0 Å². The molecule has 5 rings (SSSR count). The maximum atomic E-state index is 15.2. The summed E-state index contributed by atoms with van der Waals surface area (Å²) in [7, 11) is 0. The molecule has 1 aliphatic heterocycles. The molecule has 1 saturated heterocycles. The third-order valence-electron chi connectivity index (χ3n) is 6.75. The Morgan fingerprint density at radius 2 is 1.95 bits per heavy atom. The molecule has 1 aliphatic rings.